The van der Waals surface area contributed by atoms with E-state index >= 15 is 0 Å². The van der Waals surface area contributed by atoms with Gasteiger partial charge in [0.2, 0.25) is 5.91 Å². The number of fused-ring (bicyclic) bond motifs is 1. The summed E-state index contributed by atoms with van der Waals surface area (Å²) in [6.07, 6.45) is 6.40. The van der Waals surface area contributed by atoms with Crippen LogP contribution in [0.1, 0.15) is 32.6 Å². The minimum Gasteiger partial charge on any atom is -0.352 e. The number of carbonyl (C=O) groups excluding carboxylic acids is 1. The summed E-state index contributed by atoms with van der Waals surface area (Å²) in [4.78, 5) is 16.5. The summed E-state index contributed by atoms with van der Waals surface area (Å²) in [7, 11) is 0. The summed E-state index contributed by atoms with van der Waals surface area (Å²) >= 11 is 0. The van der Waals surface area contributed by atoms with Crippen molar-refractivity contribution < 1.29 is 4.79 Å². The number of aromatic nitrogens is 2. The summed E-state index contributed by atoms with van der Waals surface area (Å²) < 4.78 is 1.91. The number of amides is 1. The van der Waals surface area contributed by atoms with E-state index in [0.717, 1.165) is 29.8 Å². The standard InChI is InChI=1S/C16H21N3O/c1-12-6-8-13(9-7-12)18-16(20)10-19-11-17-14-4-2-3-5-15(14)19/h2-5,11-13H,6-10H2,1H3,(H,18,20). The van der Waals surface area contributed by atoms with E-state index in [4.69, 9.17) is 0 Å². The lowest BCUT2D eigenvalue weighted by molar-refractivity contribution is -0.122. The molecule has 2 aromatic rings. The van der Waals surface area contributed by atoms with E-state index in [9.17, 15) is 4.79 Å². The number of rotatable bonds is 3. The van der Waals surface area contributed by atoms with Crippen LogP contribution in [0.15, 0.2) is 30.6 Å². The summed E-state index contributed by atoms with van der Waals surface area (Å²) in [5.74, 6) is 0.897. The average molecular weight is 271 g/mol. The quantitative estimate of drug-likeness (QED) is 0.933. The van der Waals surface area contributed by atoms with Crippen molar-refractivity contribution in [2.24, 2.45) is 5.92 Å². The first kappa shape index (κ1) is 13.2. The number of nitrogens with one attached hydrogen (secondary N) is 1. The van der Waals surface area contributed by atoms with Crippen LogP contribution in [0, 0.1) is 5.92 Å². The highest BCUT2D eigenvalue weighted by Crippen LogP contribution is 2.23. The molecule has 0 spiro atoms. The van der Waals surface area contributed by atoms with Crippen molar-refractivity contribution in [1.29, 1.82) is 0 Å². The third-order valence-corrected chi connectivity index (χ3v) is 4.22. The van der Waals surface area contributed by atoms with Crippen LogP contribution in [0.5, 0.6) is 0 Å². The lowest BCUT2D eigenvalue weighted by Crippen LogP contribution is -2.39. The fraction of sp³-hybridized carbons (Fsp3) is 0.500. The maximum absolute atomic E-state index is 12.1. The van der Waals surface area contributed by atoms with E-state index in [-0.39, 0.29) is 5.91 Å². The molecule has 4 nitrogen and oxygen atoms in total. The first-order valence-corrected chi connectivity index (χ1v) is 7.41. The van der Waals surface area contributed by atoms with Gasteiger partial charge in [0.1, 0.15) is 6.54 Å². The zero-order chi connectivity index (χ0) is 13.9. The number of benzene rings is 1. The van der Waals surface area contributed by atoms with Gasteiger partial charge in [0.15, 0.2) is 0 Å². The summed E-state index contributed by atoms with van der Waals surface area (Å²) in [6, 6.07) is 8.25. The Morgan fingerprint density at radius 1 is 1.30 bits per heavy atom. The zero-order valence-corrected chi connectivity index (χ0v) is 11.9. The van der Waals surface area contributed by atoms with E-state index < -0.39 is 0 Å². The molecule has 1 aliphatic rings. The van der Waals surface area contributed by atoms with Gasteiger partial charge >= 0.3 is 0 Å². The lowest BCUT2D eigenvalue weighted by Gasteiger charge is -2.26. The molecule has 1 aliphatic carbocycles. The monoisotopic (exact) mass is 271 g/mol. The van der Waals surface area contributed by atoms with Crippen LogP contribution < -0.4 is 5.32 Å². The Hall–Kier alpha value is -1.84. The van der Waals surface area contributed by atoms with Crippen molar-refractivity contribution in [2.45, 2.75) is 45.2 Å². The van der Waals surface area contributed by atoms with E-state index in [2.05, 4.69) is 17.2 Å². The minimum atomic E-state index is 0.0905. The molecule has 1 saturated carbocycles. The molecular weight excluding hydrogens is 250 g/mol. The van der Waals surface area contributed by atoms with E-state index in [1.165, 1.54) is 12.8 Å². The van der Waals surface area contributed by atoms with Crippen LogP contribution in [0.3, 0.4) is 0 Å². The molecule has 1 fully saturated rings. The minimum absolute atomic E-state index is 0.0905. The van der Waals surface area contributed by atoms with Crippen LogP contribution in [0.2, 0.25) is 0 Å². The maximum Gasteiger partial charge on any atom is 0.240 e. The number of hydrogen-bond acceptors (Lipinski definition) is 2. The molecule has 1 amide bonds. The third kappa shape index (κ3) is 2.84. The predicted octanol–water partition coefficient (Wildman–Crippen LogP) is 2.73. The van der Waals surface area contributed by atoms with Crippen LogP contribution in [0.4, 0.5) is 0 Å². The van der Waals surface area contributed by atoms with Gasteiger partial charge in [0.05, 0.1) is 17.4 Å². The highest BCUT2D eigenvalue weighted by molar-refractivity contribution is 5.80. The number of imidazole rings is 1. The van der Waals surface area contributed by atoms with Gasteiger partial charge in [-0.2, -0.15) is 0 Å². The van der Waals surface area contributed by atoms with Crippen LogP contribution in [-0.2, 0) is 11.3 Å². The molecule has 0 aliphatic heterocycles. The molecule has 0 radical (unpaired) electrons. The van der Waals surface area contributed by atoms with Gasteiger partial charge in [0.25, 0.3) is 0 Å². The Bertz CT molecular complexity index is 597. The Morgan fingerprint density at radius 2 is 2.05 bits per heavy atom. The fourth-order valence-corrected chi connectivity index (χ4v) is 2.97. The van der Waals surface area contributed by atoms with Crippen molar-refractivity contribution in [3.05, 3.63) is 30.6 Å². The first-order chi connectivity index (χ1) is 9.72. The SMILES string of the molecule is CC1CCC(NC(=O)Cn2cnc3ccccc32)CC1. The summed E-state index contributed by atoms with van der Waals surface area (Å²) in [5, 5.41) is 3.15. The number of para-hydroxylation sites is 2. The highest BCUT2D eigenvalue weighted by Gasteiger charge is 2.19. The molecule has 20 heavy (non-hydrogen) atoms. The molecule has 0 atom stereocenters. The Labute approximate surface area is 119 Å². The Kier molecular flexibility index (Phi) is 3.72. The van der Waals surface area contributed by atoms with Crippen molar-refractivity contribution >= 4 is 16.9 Å². The molecule has 0 unspecified atom stereocenters. The topological polar surface area (TPSA) is 46.9 Å². The fourth-order valence-electron chi connectivity index (χ4n) is 2.97. The molecule has 1 heterocycles. The number of nitrogens with zero attached hydrogens (tertiary/aromatic N) is 2. The molecule has 1 N–H and O–H groups in total. The molecule has 1 aromatic carbocycles. The van der Waals surface area contributed by atoms with E-state index in [0.29, 0.717) is 12.6 Å². The number of carbonyl (C=O) groups is 1. The molecule has 3 rings (SSSR count). The Balaban J connectivity index is 1.61. The maximum atomic E-state index is 12.1. The van der Waals surface area contributed by atoms with Gasteiger partial charge in [-0.3, -0.25) is 4.79 Å². The normalized spacial score (nSPS) is 22.9. The highest BCUT2D eigenvalue weighted by atomic mass is 16.2. The van der Waals surface area contributed by atoms with Crippen LogP contribution >= 0.6 is 0 Å². The van der Waals surface area contributed by atoms with Gasteiger partial charge in [-0.15, -0.1) is 0 Å². The van der Waals surface area contributed by atoms with Gasteiger partial charge in [-0.05, 0) is 43.7 Å². The van der Waals surface area contributed by atoms with Gasteiger partial charge < -0.3 is 9.88 Å². The second-order valence-electron chi connectivity index (χ2n) is 5.89. The molecule has 106 valence electrons. The van der Waals surface area contributed by atoms with Gasteiger partial charge in [-0.25, -0.2) is 4.98 Å². The van der Waals surface area contributed by atoms with Gasteiger partial charge in [-0.1, -0.05) is 19.1 Å². The first-order valence-electron chi connectivity index (χ1n) is 7.41. The largest absolute Gasteiger partial charge is 0.352 e. The predicted molar refractivity (Wildman–Crippen MR) is 79.3 cm³/mol. The molecule has 1 aromatic heterocycles. The van der Waals surface area contributed by atoms with Crippen LogP contribution in [-0.4, -0.2) is 21.5 Å². The molecule has 4 heteroatoms. The van der Waals surface area contributed by atoms with E-state index in [1.54, 1.807) is 6.33 Å². The molecule has 0 bridgehead atoms. The van der Waals surface area contributed by atoms with Crippen molar-refractivity contribution in [1.82, 2.24) is 14.9 Å². The number of hydrogen-bond donors (Lipinski definition) is 1. The summed E-state index contributed by atoms with van der Waals surface area (Å²) in [5.41, 5.74) is 1.95. The third-order valence-electron chi connectivity index (χ3n) is 4.22. The summed E-state index contributed by atoms with van der Waals surface area (Å²) in [6.45, 7) is 2.64. The lowest BCUT2D eigenvalue weighted by atomic mass is 9.87. The van der Waals surface area contributed by atoms with Crippen LogP contribution in [0.25, 0.3) is 11.0 Å². The van der Waals surface area contributed by atoms with Crippen molar-refractivity contribution in [3.8, 4) is 0 Å². The smallest absolute Gasteiger partial charge is 0.240 e. The average Bonchev–Trinajstić information content (AvgIpc) is 2.85. The molecular formula is C16H21N3O. The zero-order valence-electron chi connectivity index (χ0n) is 11.9. The second kappa shape index (κ2) is 5.65. The molecule has 0 saturated heterocycles. The Morgan fingerprint density at radius 3 is 2.85 bits per heavy atom. The van der Waals surface area contributed by atoms with E-state index in [1.807, 2.05) is 28.8 Å². The van der Waals surface area contributed by atoms with Crippen molar-refractivity contribution in [3.63, 3.8) is 0 Å². The van der Waals surface area contributed by atoms with Gasteiger partial charge in [0, 0.05) is 6.04 Å². The second-order valence-corrected chi connectivity index (χ2v) is 5.89. The van der Waals surface area contributed by atoms with Crippen molar-refractivity contribution in [2.75, 3.05) is 0 Å².